The molecule has 3 rings (SSSR count). The summed E-state index contributed by atoms with van der Waals surface area (Å²) < 4.78 is 5.87. The maximum absolute atomic E-state index is 5.97. The van der Waals surface area contributed by atoms with Gasteiger partial charge < -0.3 is 4.74 Å². The van der Waals surface area contributed by atoms with Gasteiger partial charge in [0, 0.05) is 10.9 Å². The average Bonchev–Trinajstić information content (AvgIpc) is 2.44. The minimum absolute atomic E-state index is 0.408. The highest BCUT2D eigenvalue weighted by Gasteiger charge is 2.09. The summed E-state index contributed by atoms with van der Waals surface area (Å²) in [7, 11) is 0. The molecule has 0 bridgehead atoms. The fourth-order valence-corrected chi connectivity index (χ4v) is 2.03. The zero-order valence-corrected chi connectivity index (χ0v) is 11.1. The van der Waals surface area contributed by atoms with E-state index < -0.39 is 0 Å². The molecular weight excluding hydrogens is 260 g/mol. The van der Waals surface area contributed by atoms with Gasteiger partial charge in [-0.2, -0.15) is 0 Å². The molecule has 4 heteroatoms. The van der Waals surface area contributed by atoms with Gasteiger partial charge in [-0.1, -0.05) is 48.0 Å². The second-order valence-electron chi connectivity index (χ2n) is 4.17. The van der Waals surface area contributed by atoms with Crippen LogP contribution in [0, 0.1) is 6.92 Å². The Morgan fingerprint density at radius 3 is 2.68 bits per heavy atom. The predicted octanol–water partition coefficient (Wildman–Crippen LogP) is 4.38. The highest BCUT2D eigenvalue weighted by molar-refractivity contribution is 6.30. The first-order valence-electron chi connectivity index (χ1n) is 5.88. The largest absolute Gasteiger partial charge is 0.438 e. The normalized spacial score (nSPS) is 10.6. The van der Waals surface area contributed by atoms with Crippen molar-refractivity contribution in [1.29, 1.82) is 0 Å². The van der Waals surface area contributed by atoms with Gasteiger partial charge in [0.05, 0.1) is 0 Å². The van der Waals surface area contributed by atoms with E-state index in [2.05, 4.69) is 9.97 Å². The van der Waals surface area contributed by atoms with Crippen molar-refractivity contribution in [2.45, 2.75) is 6.92 Å². The summed E-state index contributed by atoms with van der Waals surface area (Å²) in [6, 6.07) is 14.0. The molecule has 0 saturated carbocycles. The van der Waals surface area contributed by atoms with Crippen LogP contribution in [-0.2, 0) is 0 Å². The lowest BCUT2D eigenvalue weighted by atomic mass is 10.1. The molecule has 19 heavy (non-hydrogen) atoms. The zero-order valence-electron chi connectivity index (χ0n) is 10.3. The van der Waals surface area contributed by atoms with Crippen LogP contribution in [0.1, 0.15) is 5.56 Å². The molecule has 0 spiro atoms. The highest BCUT2D eigenvalue weighted by atomic mass is 35.5. The smallest absolute Gasteiger partial charge is 0.226 e. The van der Waals surface area contributed by atoms with Gasteiger partial charge in [-0.25, -0.2) is 9.97 Å². The van der Waals surface area contributed by atoms with Gasteiger partial charge in [-0.3, -0.25) is 0 Å². The van der Waals surface area contributed by atoms with Gasteiger partial charge in [0.1, 0.15) is 17.2 Å². The quantitative estimate of drug-likeness (QED) is 0.648. The van der Waals surface area contributed by atoms with E-state index in [1.54, 1.807) is 0 Å². The molecule has 0 aliphatic heterocycles. The number of rotatable bonds is 2. The van der Waals surface area contributed by atoms with Crippen LogP contribution in [0.15, 0.2) is 48.8 Å². The molecule has 1 aromatic heterocycles. The zero-order chi connectivity index (χ0) is 13.2. The van der Waals surface area contributed by atoms with E-state index in [-0.39, 0.29) is 0 Å². The molecule has 1 heterocycles. The number of ether oxygens (including phenoxy) is 1. The fraction of sp³-hybridized carbons (Fsp3) is 0.0667. The third-order valence-corrected chi connectivity index (χ3v) is 3.31. The average molecular weight is 271 g/mol. The van der Waals surface area contributed by atoms with Crippen LogP contribution in [-0.4, -0.2) is 9.97 Å². The van der Waals surface area contributed by atoms with Crippen LogP contribution in [0.2, 0.25) is 5.15 Å². The topological polar surface area (TPSA) is 35.0 Å². The van der Waals surface area contributed by atoms with E-state index in [4.69, 9.17) is 16.3 Å². The molecule has 0 aliphatic carbocycles. The van der Waals surface area contributed by atoms with Crippen LogP contribution >= 0.6 is 11.6 Å². The molecular formula is C15H11ClN2O. The number of benzene rings is 2. The Bertz CT molecular complexity index is 738. The van der Waals surface area contributed by atoms with Crippen LogP contribution in [0.3, 0.4) is 0 Å². The van der Waals surface area contributed by atoms with Crippen molar-refractivity contribution in [3.8, 4) is 11.6 Å². The molecule has 0 amide bonds. The summed E-state index contributed by atoms with van der Waals surface area (Å²) in [6.45, 7) is 1.84. The number of hydrogen-bond donors (Lipinski definition) is 0. The molecule has 0 atom stereocenters. The number of hydrogen-bond acceptors (Lipinski definition) is 3. The van der Waals surface area contributed by atoms with Crippen LogP contribution in [0.4, 0.5) is 0 Å². The Hall–Kier alpha value is -2.13. The molecule has 0 unspecified atom stereocenters. The van der Waals surface area contributed by atoms with E-state index in [1.807, 2.05) is 49.4 Å². The fourth-order valence-electron chi connectivity index (χ4n) is 1.91. The standard InChI is InChI=1S/C15H11ClN2O/c1-10-14(16)17-9-18-15(10)19-13-8-4-6-11-5-2-3-7-12(11)13/h2-9H,1H3. The van der Waals surface area contributed by atoms with Crippen molar-refractivity contribution in [2.75, 3.05) is 0 Å². The lowest BCUT2D eigenvalue weighted by molar-refractivity contribution is 0.462. The Kier molecular flexibility index (Phi) is 3.05. The van der Waals surface area contributed by atoms with Crippen LogP contribution in [0.25, 0.3) is 10.8 Å². The number of halogens is 1. The van der Waals surface area contributed by atoms with Crippen molar-refractivity contribution in [3.05, 3.63) is 59.5 Å². The number of aromatic nitrogens is 2. The molecule has 0 aliphatic rings. The van der Waals surface area contributed by atoms with Crippen molar-refractivity contribution in [1.82, 2.24) is 9.97 Å². The number of nitrogens with zero attached hydrogens (tertiary/aromatic N) is 2. The third kappa shape index (κ3) is 2.25. The molecule has 94 valence electrons. The van der Waals surface area contributed by atoms with E-state index in [9.17, 15) is 0 Å². The summed E-state index contributed by atoms with van der Waals surface area (Å²) in [5, 5.41) is 2.57. The van der Waals surface area contributed by atoms with Crippen molar-refractivity contribution < 1.29 is 4.74 Å². The van der Waals surface area contributed by atoms with Crippen LogP contribution < -0.4 is 4.74 Å². The molecule has 3 aromatic rings. The highest BCUT2D eigenvalue weighted by Crippen LogP contribution is 2.31. The Balaban J connectivity index is 2.09. The maximum atomic E-state index is 5.97. The van der Waals surface area contributed by atoms with E-state index in [0.29, 0.717) is 11.0 Å². The summed E-state index contributed by atoms with van der Waals surface area (Å²) in [5.41, 5.74) is 0.733. The second-order valence-corrected chi connectivity index (χ2v) is 4.53. The Morgan fingerprint density at radius 1 is 1.00 bits per heavy atom. The van der Waals surface area contributed by atoms with Gasteiger partial charge >= 0.3 is 0 Å². The van der Waals surface area contributed by atoms with Crippen molar-refractivity contribution in [2.24, 2.45) is 0 Å². The molecule has 0 fully saturated rings. The van der Waals surface area contributed by atoms with Crippen LogP contribution in [0.5, 0.6) is 11.6 Å². The van der Waals surface area contributed by atoms with Crippen molar-refractivity contribution >= 4 is 22.4 Å². The number of fused-ring (bicyclic) bond motifs is 1. The summed E-state index contributed by atoms with van der Waals surface area (Å²) in [5.74, 6) is 1.24. The maximum Gasteiger partial charge on any atom is 0.226 e. The Labute approximate surface area is 115 Å². The third-order valence-electron chi connectivity index (χ3n) is 2.93. The van der Waals surface area contributed by atoms with Gasteiger partial charge in [-0.05, 0) is 18.4 Å². The van der Waals surface area contributed by atoms with Crippen molar-refractivity contribution in [3.63, 3.8) is 0 Å². The Morgan fingerprint density at radius 2 is 1.79 bits per heavy atom. The first-order chi connectivity index (χ1) is 9.25. The monoisotopic (exact) mass is 270 g/mol. The van der Waals surface area contributed by atoms with E-state index in [1.165, 1.54) is 6.33 Å². The van der Waals surface area contributed by atoms with E-state index in [0.717, 1.165) is 22.1 Å². The molecule has 2 aromatic carbocycles. The predicted molar refractivity (Wildman–Crippen MR) is 75.8 cm³/mol. The summed E-state index contributed by atoms with van der Waals surface area (Å²) in [6.07, 6.45) is 1.40. The summed E-state index contributed by atoms with van der Waals surface area (Å²) >= 11 is 5.97. The minimum Gasteiger partial charge on any atom is -0.438 e. The minimum atomic E-state index is 0.408. The van der Waals surface area contributed by atoms with Gasteiger partial charge in [-0.15, -0.1) is 0 Å². The molecule has 0 radical (unpaired) electrons. The lowest BCUT2D eigenvalue weighted by Gasteiger charge is -2.10. The first kappa shape index (κ1) is 11.9. The van der Waals surface area contributed by atoms with Gasteiger partial charge in [0.2, 0.25) is 5.88 Å². The summed E-state index contributed by atoms with van der Waals surface area (Å²) in [4.78, 5) is 8.04. The van der Waals surface area contributed by atoms with Gasteiger partial charge in [0.25, 0.3) is 0 Å². The van der Waals surface area contributed by atoms with Gasteiger partial charge in [0.15, 0.2) is 0 Å². The first-order valence-corrected chi connectivity index (χ1v) is 6.26. The second kappa shape index (κ2) is 4.86. The van der Waals surface area contributed by atoms with E-state index >= 15 is 0 Å². The lowest BCUT2D eigenvalue weighted by Crippen LogP contribution is -1.94. The molecule has 0 N–H and O–H groups in total. The molecule has 0 saturated heterocycles. The molecule has 3 nitrogen and oxygen atoms in total. The SMILES string of the molecule is Cc1c(Cl)ncnc1Oc1cccc2ccccc12.